The van der Waals surface area contributed by atoms with Crippen molar-refractivity contribution < 1.29 is 27.0 Å². The fraction of sp³-hybridized carbons (Fsp3) is 0.739. The summed E-state index contributed by atoms with van der Waals surface area (Å²) in [6.45, 7) is 2.40. The van der Waals surface area contributed by atoms with Crippen molar-refractivity contribution in [3.8, 4) is 5.75 Å². The molecule has 0 N–H and O–H groups in total. The molecule has 1 aliphatic heterocycles. The summed E-state index contributed by atoms with van der Waals surface area (Å²) in [7, 11) is 1.29. The second-order valence-electron chi connectivity index (χ2n) is 8.64. The molecular formula is C23H32F4O2. The zero-order chi connectivity index (χ0) is 21.0. The van der Waals surface area contributed by atoms with Crippen LogP contribution in [-0.4, -0.2) is 19.6 Å². The number of methoxy groups -OCH3 is 1. The molecule has 0 aromatic heterocycles. The maximum atomic E-state index is 14.7. The topological polar surface area (TPSA) is 18.5 Å². The van der Waals surface area contributed by atoms with Gasteiger partial charge in [0.1, 0.15) is 0 Å². The van der Waals surface area contributed by atoms with Gasteiger partial charge in [-0.2, -0.15) is 4.39 Å². The van der Waals surface area contributed by atoms with Crippen molar-refractivity contribution in [2.75, 3.05) is 13.7 Å². The average Bonchev–Trinajstić information content (AvgIpc) is 2.71. The maximum Gasteiger partial charge on any atom is 0.251 e. The van der Waals surface area contributed by atoms with Crippen LogP contribution in [0.25, 0.3) is 0 Å². The van der Waals surface area contributed by atoms with E-state index < -0.39 is 29.6 Å². The number of ether oxygens (including phenoxy) is 2. The molecule has 1 saturated heterocycles. The van der Waals surface area contributed by atoms with Crippen LogP contribution < -0.4 is 4.74 Å². The van der Waals surface area contributed by atoms with Crippen LogP contribution in [0, 0.1) is 29.4 Å². The fourth-order valence-corrected chi connectivity index (χ4v) is 4.99. The number of hydrogen-bond acceptors (Lipinski definition) is 2. The summed E-state index contributed by atoms with van der Waals surface area (Å²) in [5.41, 5.74) is 0.173. The standard InChI is InChI=1S/C23H32F4O2/c1-3-4-5-6-17-9-7-15(13-23(17,26)27)16-8-11-19(29-14-16)18-10-12-20(28-2)22(25)21(18)24/h10,12,15-17,19H,3-9,11,13-14H2,1-2H3. The summed E-state index contributed by atoms with van der Waals surface area (Å²) >= 11 is 0. The van der Waals surface area contributed by atoms with Gasteiger partial charge in [-0.25, -0.2) is 13.2 Å². The van der Waals surface area contributed by atoms with E-state index in [2.05, 4.69) is 6.92 Å². The SMILES string of the molecule is CCCCCC1CCC(C2CCC(c3ccc(OC)c(F)c3F)OC2)CC1(F)F. The van der Waals surface area contributed by atoms with Gasteiger partial charge in [0.15, 0.2) is 11.6 Å². The summed E-state index contributed by atoms with van der Waals surface area (Å²) in [4.78, 5) is 0. The van der Waals surface area contributed by atoms with Crippen LogP contribution in [-0.2, 0) is 4.74 Å². The summed E-state index contributed by atoms with van der Waals surface area (Å²) in [6, 6.07) is 2.88. The highest BCUT2D eigenvalue weighted by atomic mass is 19.3. The molecule has 2 aliphatic rings. The Labute approximate surface area is 171 Å². The van der Waals surface area contributed by atoms with Crippen LogP contribution in [0.5, 0.6) is 5.75 Å². The molecule has 1 heterocycles. The predicted octanol–water partition coefficient (Wildman–Crippen LogP) is 7.07. The Morgan fingerprint density at radius 3 is 2.41 bits per heavy atom. The first kappa shape index (κ1) is 22.4. The van der Waals surface area contributed by atoms with Crippen LogP contribution in [0.15, 0.2) is 12.1 Å². The van der Waals surface area contributed by atoms with Gasteiger partial charge < -0.3 is 9.47 Å². The highest BCUT2D eigenvalue weighted by Gasteiger charge is 2.46. The lowest BCUT2D eigenvalue weighted by atomic mass is 9.70. The molecule has 4 atom stereocenters. The lowest BCUT2D eigenvalue weighted by Crippen LogP contribution is -2.40. The lowest BCUT2D eigenvalue weighted by Gasteiger charge is -2.41. The van der Waals surface area contributed by atoms with Crippen LogP contribution in [0.3, 0.4) is 0 Å². The summed E-state index contributed by atoms with van der Waals surface area (Å²) in [6.07, 6.45) is 5.49. The Bertz CT molecular complexity index is 671. The van der Waals surface area contributed by atoms with Crippen LogP contribution >= 0.6 is 0 Å². The van der Waals surface area contributed by atoms with E-state index >= 15 is 0 Å². The Hall–Kier alpha value is -1.30. The van der Waals surface area contributed by atoms with E-state index in [-0.39, 0.29) is 29.6 Å². The molecule has 1 aromatic rings. The highest BCUT2D eigenvalue weighted by Crippen LogP contribution is 2.48. The van der Waals surface area contributed by atoms with Gasteiger partial charge in [0.2, 0.25) is 5.82 Å². The number of rotatable bonds is 7. The van der Waals surface area contributed by atoms with Gasteiger partial charge in [0.05, 0.1) is 19.8 Å². The van der Waals surface area contributed by atoms with E-state index in [0.29, 0.717) is 32.3 Å². The number of benzene rings is 1. The minimum absolute atomic E-state index is 0.0554. The summed E-state index contributed by atoms with van der Waals surface area (Å²) in [5.74, 6) is -5.23. The van der Waals surface area contributed by atoms with E-state index in [1.54, 1.807) is 0 Å². The van der Waals surface area contributed by atoms with Crippen LogP contribution in [0.4, 0.5) is 17.6 Å². The zero-order valence-corrected chi connectivity index (χ0v) is 17.4. The molecule has 0 bridgehead atoms. The molecule has 3 rings (SSSR count). The average molecular weight is 416 g/mol. The van der Waals surface area contributed by atoms with Crippen molar-refractivity contribution >= 4 is 0 Å². The first-order valence-electron chi connectivity index (χ1n) is 10.9. The number of halogens is 4. The van der Waals surface area contributed by atoms with E-state index in [4.69, 9.17) is 9.47 Å². The Morgan fingerprint density at radius 2 is 1.79 bits per heavy atom. The van der Waals surface area contributed by atoms with Crippen molar-refractivity contribution in [1.29, 1.82) is 0 Å². The molecule has 0 spiro atoms. The minimum Gasteiger partial charge on any atom is -0.494 e. The predicted molar refractivity (Wildman–Crippen MR) is 104 cm³/mol. The molecule has 2 nitrogen and oxygen atoms in total. The molecule has 4 unspecified atom stereocenters. The van der Waals surface area contributed by atoms with Crippen molar-refractivity contribution in [1.82, 2.24) is 0 Å². The van der Waals surface area contributed by atoms with Crippen molar-refractivity contribution in [3.63, 3.8) is 0 Å². The van der Waals surface area contributed by atoms with E-state index in [1.807, 2.05) is 0 Å². The smallest absolute Gasteiger partial charge is 0.251 e. The minimum atomic E-state index is -2.61. The molecule has 2 fully saturated rings. The van der Waals surface area contributed by atoms with Gasteiger partial charge >= 0.3 is 0 Å². The molecular weight excluding hydrogens is 384 g/mol. The van der Waals surface area contributed by atoms with Gasteiger partial charge in [-0.3, -0.25) is 0 Å². The normalized spacial score (nSPS) is 29.6. The summed E-state index contributed by atoms with van der Waals surface area (Å²) < 4.78 is 68.3. The third kappa shape index (κ3) is 5.07. The molecule has 1 saturated carbocycles. The highest BCUT2D eigenvalue weighted by molar-refractivity contribution is 5.32. The quantitative estimate of drug-likeness (QED) is 0.349. The fourth-order valence-electron chi connectivity index (χ4n) is 4.99. The van der Waals surface area contributed by atoms with Gasteiger partial charge in [-0.15, -0.1) is 0 Å². The van der Waals surface area contributed by atoms with Crippen molar-refractivity contribution in [3.05, 3.63) is 29.3 Å². The zero-order valence-electron chi connectivity index (χ0n) is 17.4. The molecule has 6 heteroatoms. The molecule has 0 radical (unpaired) electrons. The number of alkyl halides is 2. The molecule has 164 valence electrons. The van der Waals surface area contributed by atoms with Crippen LogP contribution in [0.2, 0.25) is 0 Å². The Balaban J connectivity index is 1.56. The van der Waals surface area contributed by atoms with Gasteiger partial charge in [0, 0.05) is 17.9 Å². The molecule has 1 aromatic carbocycles. The largest absolute Gasteiger partial charge is 0.494 e. The van der Waals surface area contributed by atoms with Gasteiger partial charge in [-0.05, 0) is 56.1 Å². The summed E-state index contributed by atoms with van der Waals surface area (Å²) in [5, 5.41) is 0. The molecule has 0 amide bonds. The first-order chi connectivity index (χ1) is 13.9. The van der Waals surface area contributed by atoms with E-state index in [0.717, 1.165) is 25.7 Å². The van der Waals surface area contributed by atoms with E-state index in [9.17, 15) is 17.6 Å². The van der Waals surface area contributed by atoms with Crippen LogP contribution in [0.1, 0.15) is 76.4 Å². The molecule has 1 aliphatic carbocycles. The lowest BCUT2D eigenvalue weighted by molar-refractivity contribution is -0.127. The third-order valence-electron chi connectivity index (χ3n) is 6.80. The number of hydrogen-bond donors (Lipinski definition) is 0. The first-order valence-corrected chi connectivity index (χ1v) is 10.9. The Morgan fingerprint density at radius 1 is 1.03 bits per heavy atom. The maximum absolute atomic E-state index is 14.7. The van der Waals surface area contributed by atoms with Gasteiger partial charge in [-0.1, -0.05) is 26.2 Å². The second-order valence-corrected chi connectivity index (χ2v) is 8.64. The van der Waals surface area contributed by atoms with Gasteiger partial charge in [0.25, 0.3) is 5.92 Å². The van der Waals surface area contributed by atoms with Crippen molar-refractivity contribution in [2.45, 2.75) is 76.7 Å². The van der Waals surface area contributed by atoms with Crippen molar-refractivity contribution in [2.24, 2.45) is 17.8 Å². The van der Waals surface area contributed by atoms with E-state index in [1.165, 1.54) is 19.2 Å². The third-order valence-corrected chi connectivity index (χ3v) is 6.80. The molecule has 29 heavy (non-hydrogen) atoms. The Kier molecular flexibility index (Phi) is 7.47. The number of unbranched alkanes of at least 4 members (excludes halogenated alkanes) is 2. The second kappa shape index (κ2) is 9.67. The monoisotopic (exact) mass is 416 g/mol.